The van der Waals surface area contributed by atoms with E-state index in [9.17, 15) is 4.79 Å². The second-order valence-electron chi connectivity index (χ2n) is 7.40. The minimum atomic E-state index is 0.128. The van der Waals surface area contributed by atoms with Gasteiger partial charge in [0.15, 0.2) is 5.58 Å². The van der Waals surface area contributed by atoms with Crippen molar-refractivity contribution in [1.82, 2.24) is 15.2 Å². The van der Waals surface area contributed by atoms with Gasteiger partial charge in [-0.25, -0.2) is 0 Å². The van der Waals surface area contributed by atoms with E-state index in [0.29, 0.717) is 18.0 Å². The molecule has 26 heavy (non-hydrogen) atoms. The number of amides is 1. The molecule has 1 aromatic carbocycles. The third-order valence-corrected chi connectivity index (χ3v) is 5.62. The van der Waals surface area contributed by atoms with Crippen LogP contribution >= 0.6 is 0 Å². The zero-order chi connectivity index (χ0) is 17.9. The van der Waals surface area contributed by atoms with Gasteiger partial charge in [-0.3, -0.25) is 4.79 Å². The Kier molecular flexibility index (Phi) is 5.11. The SMILES string of the molecule is CCCN(C(=O)C1CCN(c2nc3ccccc3o2)CC1)C1CCNC1. The van der Waals surface area contributed by atoms with Crippen molar-refractivity contribution in [1.29, 1.82) is 0 Å². The third kappa shape index (κ3) is 3.43. The molecule has 0 saturated carbocycles. The van der Waals surface area contributed by atoms with Gasteiger partial charge in [-0.1, -0.05) is 19.1 Å². The van der Waals surface area contributed by atoms with Crippen molar-refractivity contribution in [2.75, 3.05) is 37.6 Å². The van der Waals surface area contributed by atoms with Gasteiger partial charge in [0.2, 0.25) is 5.91 Å². The highest BCUT2D eigenvalue weighted by atomic mass is 16.4. The van der Waals surface area contributed by atoms with Crippen molar-refractivity contribution < 1.29 is 9.21 Å². The fourth-order valence-electron chi connectivity index (χ4n) is 4.17. The van der Waals surface area contributed by atoms with Gasteiger partial charge in [0.1, 0.15) is 5.52 Å². The van der Waals surface area contributed by atoms with Crippen molar-refractivity contribution in [3.63, 3.8) is 0 Å². The van der Waals surface area contributed by atoms with Crippen LogP contribution in [-0.4, -0.2) is 54.6 Å². The zero-order valence-corrected chi connectivity index (χ0v) is 15.5. The van der Waals surface area contributed by atoms with Crippen LogP contribution in [0.15, 0.2) is 28.7 Å². The third-order valence-electron chi connectivity index (χ3n) is 5.62. The lowest BCUT2D eigenvalue weighted by Crippen LogP contribution is -2.47. The molecule has 0 spiro atoms. The van der Waals surface area contributed by atoms with E-state index < -0.39 is 0 Å². The Hall–Kier alpha value is -2.08. The van der Waals surface area contributed by atoms with Gasteiger partial charge in [0, 0.05) is 38.1 Å². The molecule has 6 heteroatoms. The highest BCUT2D eigenvalue weighted by molar-refractivity contribution is 5.79. The fourth-order valence-corrected chi connectivity index (χ4v) is 4.17. The minimum Gasteiger partial charge on any atom is -0.423 e. The number of carbonyl (C=O) groups excluding carboxylic acids is 1. The average Bonchev–Trinajstić information content (AvgIpc) is 3.35. The van der Waals surface area contributed by atoms with Gasteiger partial charge in [0.05, 0.1) is 0 Å². The number of rotatable bonds is 5. The first kappa shape index (κ1) is 17.3. The van der Waals surface area contributed by atoms with Gasteiger partial charge >= 0.3 is 0 Å². The lowest BCUT2D eigenvalue weighted by Gasteiger charge is -2.36. The summed E-state index contributed by atoms with van der Waals surface area (Å²) < 4.78 is 5.88. The molecule has 1 N–H and O–H groups in total. The number of benzene rings is 1. The number of hydrogen-bond acceptors (Lipinski definition) is 5. The van der Waals surface area contributed by atoms with E-state index in [0.717, 1.165) is 69.5 Å². The number of anilines is 1. The summed E-state index contributed by atoms with van der Waals surface area (Å²) in [4.78, 5) is 22.0. The van der Waals surface area contributed by atoms with Crippen LogP contribution in [0.2, 0.25) is 0 Å². The van der Waals surface area contributed by atoms with Crippen LogP contribution in [0.4, 0.5) is 6.01 Å². The molecule has 0 radical (unpaired) electrons. The Bertz CT molecular complexity index is 712. The van der Waals surface area contributed by atoms with E-state index >= 15 is 0 Å². The molecule has 2 saturated heterocycles. The van der Waals surface area contributed by atoms with E-state index in [1.54, 1.807) is 0 Å². The van der Waals surface area contributed by atoms with Gasteiger partial charge in [-0.2, -0.15) is 4.98 Å². The first-order chi connectivity index (χ1) is 12.8. The molecule has 1 unspecified atom stereocenters. The Morgan fingerprint density at radius 3 is 2.81 bits per heavy atom. The number of aromatic nitrogens is 1. The van der Waals surface area contributed by atoms with E-state index in [2.05, 4.69) is 27.0 Å². The normalized spacial score (nSPS) is 21.4. The monoisotopic (exact) mass is 356 g/mol. The lowest BCUT2D eigenvalue weighted by atomic mass is 9.94. The number of fused-ring (bicyclic) bond motifs is 1. The first-order valence-electron chi connectivity index (χ1n) is 9.88. The molecular weight excluding hydrogens is 328 g/mol. The number of carbonyl (C=O) groups is 1. The lowest BCUT2D eigenvalue weighted by molar-refractivity contribution is -0.138. The molecule has 2 aromatic rings. The summed E-state index contributed by atoms with van der Waals surface area (Å²) in [5, 5.41) is 3.39. The molecule has 1 aromatic heterocycles. The van der Waals surface area contributed by atoms with E-state index in [4.69, 9.17) is 4.42 Å². The van der Waals surface area contributed by atoms with Crippen LogP contribution in [0.3, 0.4) is 0 Å². The molecule has 140 valence electrons. The molecule has 0 bridgehead atoms. The molecule has 1 amide bonds. The predicted molar refractivity (Wildman–Crippen MR) is 102 cm³/mol. The van der Waals surface area contributed by atoms with Crippen molar-refractivity contribution >= 4 is 23.0 Å². The maximum Gasteiger partial charge on any atom is 0.298 e. The molecule has 2 aliphatic heterocycles. The molecular formula is C20H28N4O2. The summed E-state index contributed by atoms with van der Waals surface area (Å²) in [7, 11) is 0. The molecule has 3 heterocycles. The second kappa shape index (κ2) is 7.66. The van der Waals surface area contributed by atoms with Crippen molar-refractivity contribution in [3.8, 4) is 0 Å². The topological polar surface area (TPSA) is 61.6 Å². The highest BCUT2D eigenvalue weighted by Crippen LogP contribution is 2.28. The average molecular weight is 356 g/mol. The van der Waals surface area contributed by atoms with Gasteiger partial charge in [-0.05, 0) is 44.4 Å². The molecule has 4 rings (SSSR count). The Morgan fingerprint density at radius 1 is 1.31 bits per heavy atom. The van der Waals surface area contributed by atoms with Gasteiger partial charge < -0.3 is 19.5 Å². The number of oxazole rings is 1. The summed E-state index contributed by atoms with van der Waals surface area (Å²) in [6.07, 6.45) is 3.84. The van der Waals surface area contributed by atoms with Crippen LogP contribution in [0, 0.1) is 5.92 Å². The van der Waals surface area contributed by atoms with Crippen molar-refractivity contribution in [2.45, 2.75) is 38.6 Å². The number of piperidine rings is 1. The van der Waals surface area contributed by atoms with Gasteiger partial charge in [0.25, 0.3) is 6.01 Å². The van der Waals surface area contributed by atoms with E-state index in [1.807, 2.05) is 24.3 Å². The largest absolute Gasteiger partial charge is 0.423 e. The van der Waals surface area contributed by atoms with Crippen LogP contribution in [0.1, 0.15) is 32.6 Å². The summed E-state index contributed by atoms with van der Waals surface area (Å²) in [5.41, 5.74) is 1.71. The van der Waals surface area contributed by atoms with Crippen LogP contribution in [0.25, 0.3) is 11.1 Å². The fraction of sp³-hybridized carbons (Fsp3) is 0.600. The second-order valence-corrected chi connectivity index (χ2v) is 7.40. The highest BCUT2D eigenvalue weighted by Gasteiger charge is 2.33. The summed E-state index contributed by atoms with van der Waals surface area (Å²) >= 11 is 0. The van der Waals surface area contributed by atoms with Crippen LogP contribution in [0.5, 0.6) is 0 Å². The smallest absolute Gasteiger partial charge is 0.298 e. The Morgan fingerprint density at radius 2 is 2.12 bits per heavy atom. The molecule has 2 aliphatic rings. The van der Waals surface area contributed by atoms with E-state index in [1.165, 1.54) is 0 Å². The maximum absolute atomic E-state index is 13.1. The molecule has 6 nitrogen and oxygen atoms in total. The number of nitrogens with one attached hydrogen (secondary N) is 1. The van der Waals surface area contributed by atoms with Crippen molar-refractivity contribution in [3.05, 3.63) is 24.3 Å². The number of nitrogens with zero attached hydrogens (tertiary/aromatic N) is 3. The standard InChI is InChI=1S/C20H28N4O2/c1-2-11-24(16-7-10-21-14-16)19(25)15-8-12-23(13-9-15)20-22-17-5-3-4-6-18(17)26-20/h3-6,15-16,21H,2,7-14H2,1H3. The van der Waals surface area contributed by atoms with E-state index in [-0.39, 0.29) is 5.92 Å². The summed E-state index contributed by atoms with van der Waals surface area (Å²) in [6, 6.07) is 8.90. The minimum absolute atomic E-state index is 0.128. The summed E-state index contributed by atoms with van der Waals surface area (Å²) in [5.74, 6) is 0.473. The Balaban J connectivity index is 1.39. The quantitative estimate of drug-likeness (QED) is 0.892. The number of para-hydroxylation sites is 2. The number of hydrogen-bond donors (Lipinski definition) is 1. The van der Waals surface area contributed by atoms with Crippen molar-refractivity contribution in [2.24, 2.45) is 5.92 Å². The summed E-state index contributed by atoms with van der Waals surface area (Å²) in [6.45, 7) is 6.63. The van der Waals surface area contributed by atoms with Crippen LogP contribution in [-0.2, 0) is 4.79 Å². The predicted octanol–water partition coefficient (Wildman–Crippen LogP) is 2.64. The molecule has 2 fully saturated rings. The molecule has 0 aliphatic carbocycles. The zero-order valence-electron chi connectivity index (χ0n) is 15.5. The maximum atomic E-state index is 13.1. The first-order valence-corrected chi connectivity index (χ1v) is 9.88. The van der Waals surface area contributed by atoms with Crippen LogP contribution < -0.4 is 10.2 Å². The molecule has 1 atom stereocenters. The Labute approximate surface area is 154 Å². The van der Waals surface area contributed by atoms with Gasteiger partial charge in [-0.15, -0.1) is 0 Å².